The first-order chi connectivity index (χ1) is 26.0. The number of likely N-dealkylation sites (tertiary alicyclic amines) is 1. The summed E-state index contributed by atoms with van der Waals surface area (Å²) >= 11 is 1.87. The van der Waals surface area contributed by atoms with Crippen LogP contribution in [0.4, 0.5) is 31.1 Å². The number of hydrogen-bond donors (Lipinski definition) is 1. The number of carbonyl (C=O) groups excluding carboxylic acids is 4. The topological polar surface area (TPSA) is 104 Å². The van der Waals surface area contributed by atoms with Crippen LogP contribution in [-0.4, -0.2) is 80.3 Å². The van der Waals surface area contributed by atoms with Crippen LogP contribution in [0.1, 0.15) is 56.6 Å². The van der Waals surface area contributed by atoms with E-state index in [4.69, 9.17) is 4.74 Å². The van der Waals surface area contributed by atoms with E-state index in [-0.39, 0.29) is 30.9 Å². The lowest BCUT2D eigenvalue weighted by molar-refractivity contribution is -0.143. The monoisotopic (exact) mass is 890 g/mol. The van der Waals surface area contributed by atoms with Crippen LogP contribution >= 0.6 is 22.6 Å². The number of rotatable bonds is 13. The van der Waals surface area contributed by atoms with E-state index >= 15 is 0 Å². The lowest BCUT2D eigenvalue weighted by Crippen LogP contribution is -2.45. The molecule has 4 rings (SSSR count). The van der Waals surface area contributed by atoms with Gasteiger partial charge in [-0.15, -0.1) is 13.2 Å². The van der Waals surface area contributed by atoms with Crippen molar-refractivity contribution in [3.8, 4) is 0 Å². The first-order valence-corrected chi connectivity index (χ1v) is 18.9. The highest BCUT2D eigenvalue weighted by molar-refractivity contribution is 14.1. The number of halogens is 7. The molecule has 15 heteroatoms. The molecular weight excluding hydrogens is 845 g/mol. The highest BCUT2D eigenvalue weighted by Crippen LogP contribution is 2.30. The maximum Gasteiger partial charge on any atom is 0.417 e. The van der Waals surface area contributed by atoms with Crippen molar-refractivity contribution < 1.29 is 55.4 Å². The fraction of sp³-hybridized carbons (Fsp3) is 0.400. The SMILES string of the molecule is C=CC/C(=C\CI)C(F)(F)F.C=CC/C(=C\C[C@H](O)C(=O)N1C(=O)OC[C@H]1Cc1ccccc1)C(F)(F)F.CCC(=O)N1C(=O)CC[C@H]1Cc1ccccc1. The molecule has 2 heterocycles. The normalized spacial score (nSPS) is 18.1. The molecule has 2 aromatic carbocycles. The van der Waals surface area contributed by atoms with E-state index in [1.54, 1.807) is 19.1 Å². The van der Waals surface area contributed by atoms with Gasteiger partial charge in [-0.05, 0) is 43.2 Å². The van der Waals surface area contributed by atoms with Crippen molar-refractivity contribution in [2.24, 2.45) is 0 Å². The summed E-state index contributed by atoms with van der Waals surface area (Å²) in [4.78, 5) is 50.0. The number of imide groups is 2. The maximum absolute atomic E-state index is 12.9. The molecule has 2 aromatic rings. The van der Waals surface area contributed by atoms with Gasteiger partial charge in [0.15, 0.2) is 0 Å². The predicted molar refractivity (Wildman–Crippen MR) is 205 cm³/mol. The molecule has 4 amide bonds. The van der Waals surface area contributed by atoms with Crippen molar-refractivity contribution >= 4 is 46.4 Å². The van der Waals surface area contributed by atoms with Gasteiger partial charge in [-0.2, -0.15) is 26.3 Å². The lowest BCUT2D eigenvalue weighted by Gasteiger charge is -2.22. The Bertz CT molecular complexity index is 1650. The Labute approximate surface area is 330 Å². The Hall–Kier alpha value is -4.25. The average Bonchev–Trinajstić information content (AvgIpc) is 3.69. The summed E-state index contributed by atoms with van der Waals surface area (Å²) in [7, 11) is 0. The molecule has 0 unspecified atom stereocenters. The van der Waals surface area contributed by atoms with Crippen LogP contribution in [0.15, 0.2) is 109 Å². The number of nitrogens with zero attached hydrogens (tertiary/aromatic N) is 2. The van der Waals surface area contributed by atoms with Crippen LogP contribution in [0.2, 0.25) is 0 Å². The number of cyclic esters (lactones) is 1. The number of hydrogen-bond acceptors (Lipinski definition) is 6. The Balaban J connectivity index is 0.000000318. The highest BCUT2D eigenvalue weighted by Gasteiger charge is 2.41. The van der Waals surface area contributed by atoms with E-state index in [1.165, 1.54) is 22.6 Å². The Kier molecular flexibility index (Phi) is 19.6. The summed E-state index contributed by atoms with van der Waals surface area (Å²) in [6, 6.07) is 18.5. The Morgan fingerprint density at radius 2 is 1.35 bits per heavy atom. The molecule has 0 bridgehead atoms. The molecule has 2 fully saturated rings. The van der Waals surface area contributed by atoms with Gasteiger partial charge in [0, 0.05) is 40.9 Å². The van der Waals surface area contributed by atoms with Gasteiger partial charge in [-0.1, -0.05) is 114 Å². The van der Waals surface area contributed by atoms with Crippen LogP contribution in [0.25, 0.3) is 0 Å². The van der Waals surface area contributed by atoms with Crippen molar-refractivity contribution in [2.75, 3.05) is 11.0 Å². The van der Waals surface area contributed by atoms with E-state index in [1.807, 2.05) is 71.1 Å². The molecule has 2 aliphatic rings. The number of benzene rings is 2. The van der Waals surface area contributed by atoms with Crippen molar-refractivity contribution in [3.05, 3.63) is 120 Å². The number of aliphatic hydroxyl groups excluding tert-OH is 1. The number of carbonyl (C=O) groups is 4. The van der Waals surface area contributed by atoms with Crippen LogP contribution in [0.5, 0.6) is 0 Å². The van der Waals surface area contributed by atoms with Gasteiger partial charge in [0.2, 0.25) is 11.8 Å². The molecule has 3 atom stereocenters. The van der Waals surface area contributed by atoms with Gasteiger partial charge in [0.1, 0.15) is 12.7 Å². The first-order valence-electron chi connectivity index (χ1n) is 17.4. The minimum Gasteiger partial charge on any atom is -0.447 e. The molecule has 0 saturated carbocycles. The quantitative estimate of drug-likeness (QED) is 0.0933. The third-order valence-corrected chi connectivity index (χ3v) is 8.82. The molecule has 2 saturated heterocycles. The predicted octanol–water partition coefficient (Wildman–Crippen LogP) is 9.04. The van der Waals surface area contributed by atoms with Crippen LogP contribution < -0.4 is 0 Å². The minimum atomic E-state index is -4.58. The van der Waals surface area contributed by atoms with E-state index in [2.05, 4.69) is 13.2 Å². The van der Waals surface area contributed by atoms with Gasteiger partial charge in [0.25, 0.3) is 5.91 Å². The van der Waals surface area contributed by atoms with E-state index in [9.17, 15) is 50.6 Å². The smallest absolute Gasteiger partial charge is 0.417 e. The fourth-order valence-electron chi connectivity index (χ4n) is 5.65. The van der Waals surface area contributed by atoms with Crippen LogP contribution in [0, 0.1) is 0 Å². The minimum absolute atomic E-state index is 0.0159. The van der Waals surface area contributed by atoms with Crippen LogP contribution in [-0.2, 0) is 32.0 Å². The van der Waals surface area contributed by atoms with Crippen LogP contribution in [0.3, 0.4) is 0 Å². The number of ether oxygens (including phenoxy) is 1. The molecule has 0 aromatic heterocycles. The summed E-state index contributed by atoms with van der Waals surface area (Å²) < 4.78 is 79.8. The Morgan fingerprint density at radius 3 is 1.80 bits per heavy atom. The third-order valence-electron chi connectivity index (χ3n) is 8.38. The van der Waals surface area contributed by atoms with Gasteiger partial charge >= 0.3 is 18.4 Å². The molecule has 8 nitrogen and oxygen atoms in total. The summed E-state index contributed by atoms with van der Waals surface area (Å²) in [5.74, 6) is -1.04. The van der Waals surface area contributed by atoms with Gasteiger partial charge in [0.05, 0.1) is 6.04 Å². The van der Waals surface area contributed by atoms with Crippen molar-refractivity contribution in [2.45, 2.75) is 88.8 Å². The molecule has 2 aliphatic heterocycles. The van der Waals surface area contributed by atoms with E-state index < -0.39 is 60.5 Å². The molecular formula is C40H45F6IN2O6. The zero-order valence-electron chi connectivity index (χ0n) is 30.3. The first kappa shape index (κ1) is 46.9. The number of aliphatic hydroxyl groups is 1. The zero-order chi connectivity index (χ0) is 41.2. The highest BCUT2D eigenvalue weighted by atomic mass is 127. The van der Waals surface area contributed by atoms with Crippen molar-refractivity contribution in [1.29, 1.82) is 0 Å². The summed E-state index contributed by atoms with van der Waals surface area (Å²) in [6.07, 6.45) is -5.53. The van der Waals surface area contributed by atoms with Gasteiger partial charge < -0.3 is 9.84 Å². The standard InChI is InChI=1S/C19H20F3NO4.C14H17NO2.C7H8F3I/c1-2-6-14(19(20,21)22)9-10-16(24)17(25)23-15(12-27-18(23)26)11-13-7-4-3-5-8-13;1-2-13(16)15-12(8-9-14(15)17)10-11-6-4-3-5-7-11;1-2-3-6(4-5-11)7(8,9)10/h2-5,7-9,15-16,24H,1,6,10-12H2;3-7,12H,2,8-10H2,1H3;2,4H,1,3,5H2/b14-9+;;6-4+/t15-,16+;12-;/m10./s1. The molecule has 0 radical (unpaired) electrons. The molecule has 1 N–H and O–H groups in total. The van der Waals surface area contributed by atoms with Gasteiger partial charge in [-0.3, -0.25) is 19.3 Å². The second kappa shape index (κ2) is 23.0. The summed E-state index contributed by atoms with van der Waals surface area (Å²) in [5.41, 5.74) is 0.621. The zero-order valence-corrected chi connectivity index (χ0v) is 32.5. The van der Waals surface area contributed by atoms with E-state index in [0.717, 1.165) is 35.5 Å². The van der Waals surface area contributed by atoms with E-state index in [0.29, 0.717) is 23.7 Å². The molecule has 0 aliphatic carbocycles. The Morgan fingerprint density at radius 1 is 0.855 bits per heavy atom. The second-order valence-electron chi connectivity index (χ2n) is 12.4. The number of allylic oxidation sites excluding steroid dienone is 5. The fourth-order valence-corrected chi connectivity index (χ4v) is 6.18. The number of amides is 4. The number of alkyl halides is 7. The second-order valence-corrected chi connectivity index (χ2v) is 13.2. The average molecular weight is 891 g/mol. The maximum atomic E-state index is 12.9. The summed E-state index contributed by atoms with van der Waals surface area (Å²) in [6.45, 7) is 8.28. The molecule has 55 heavy (non-hydrogen) atoms. The van der Waals surface area contributed by atoms with Gasteiger partial charge in [-0.25, -0.2) is 9.69 Å². The third kappa shape index (κ3) is 15.4. The lowest BCUT2D eigenvalue weighted by atomic mass is 10.0. The molecule has 300 valence electrons. The summed E-state index contributed by atoms with van der Waals surface area (Å²) in [5, 5.41) is 10.0. The van der Waals surface area contributed by atoms with Crippen molar-refractivity contribution in [3.63, 3.8) is 0 Å². The largest absolute Gasteiger partial charge is 0.447 e. The van der Waals surface area contributed by atoms with Crippen molar-refractivity contribution in [1.82, 2.24) is 9.80 Å². The molecule has 0 spiro atoms.